The first-order valence-electron chi connectivity index (χ1n) is 5.36. The molecule has 1 atom stereocenters. The summed E-state index contributed by atoms with van der Waals surface area (Å²) in [5, 5.41) is 5.00. The molecule has 0 radical (unpaired) electrons. The molecule has 94 valence electrons. The lowest BCUT2D eigenvalue weighted by molar-refractivity contribution is 0.671. The molecule has 1 N–H and O–H groups in total. The predicted molar refractivity (Wildman–Crippen MR) is 76.6 cm³/mol. The van der Waals surface area contributed by atoms with Crippen LogP contribution in [0.1, 0.15) is 17.3 Å². The fourth-order valence-corrected chi connectivity index (χ4v) is 2.42. The van der Waals surface area contributed by atoms with Gasteiger partial charge in [-0.05, 0) is 42.9 Å². The van der Waals surface area contributed by atoms with Crippen LogP contribution in [0.3, 0.4) is 0 Å². The number of halogens is 3. The second-order valence-electron chi connectivity index (χ2n) is 3.76. The molecule has 18 heavy (non-hydrogen) atoms. The number of nitrogens with one attached hydrogen (secondary N) is 1. The Kier molecular flexibility index (Phi) is 4.46. The van der Waals surface area contributed by atoms with Gasteiger partial charge in [-0.15, -0.1) is 0 Å². The lowest BCUT2D eigenvalue weighted by atomic mass is 10.0. The molecule has 2 aromatic rings. The number of hydrogen-bond acceptors (Lipinski definition) is 2. The molecule has 1 aromatic heterocycles. The van der Waals surface area contributed by atoms with Crippen LogP contribution in [0, 0.1) is 0 Å². The zero-order valence-corrected chi connectivity index (χ0v) is 11.9. The van der Waals surface area contributed by atoms with Crippen molar-refractivity contribution in [3.63, 3.8) is 0 Å². The highest BCUT2D eigenvalue weighted by Gasteiger charge is 2.19. The summed E-state index contributed by atoms with van der Waals surface area (Å²) in [4.78, 5) is 4.30. The van der Waals surface area contributed by atoms with Gasteiger partial charge in [-0.25, -0.2) is 0 Å². The maximum atomic E-state index is 6.20. The van der Waals surface area contributed by atoms with Crippen LogP contribution in [-0.4, -0.2) is 12.0 Å². The van der Waals surface area contributed by atoms with E-state index < -0.39 is 0 Å². The molecule has 0 aliphatic carbocycles. The summed E-state index contributed by atoms with van der Waals surface area (Å²) in [5.74, 6) is 0. The van der Waals surface area contributed by atoms with Crippen LogP contribution in [0.25, 0.3) is 0 Å². The summed E-state index contributed by atoms with van der Waals surface area (Å²) in [6.45, 7) is 0. The Morgan fingerprint density at radius 1 is 1.11 bits per heavy atom. The quantitative estimate of drug-likeness (QED) is 0.911. The number of benzene rings is 1. The molecule has 0 fully saturated rings. The monoisotopic (exact) mass is 300 g/mol. The third-order valence-corrected chi connectivity index (χ3v) is 3.52. The maximum absolute atomic E-state index is 6.20. The summed E-state index contributed by atoms with van der Waals surface area (Å²) in [5.41, 5.74) is 1.58. The van der Waals surface area contributed by atoms with E-state index in [1.807, 2.05) is 13.1 Å². The molecule has 0 aliphatic rings. The fraction of sp³-hybridized carbons (Fsp3) is 0.154. The average Bonchev–Trinajstić information content (AvgIpc) is 2.36. The Morgan fingerprint density at radius 3 is 2.56 bits per heavy atom. The number of hydrogen-bond donors (Lipinski definition) is 1. The maximum Gasteiger partial charge on any atom is 0.0804 e. The molecule has 5 heteroatoms. The summed E-state index contributed by atoms with van der Waals surface area (Å²) < 4.78 is 0. The van der Waals surface area contributed by atoms with Crippen molar-refractivity contribution in [2.75, 3.05) is 7.05 Å². The lowest BCUT2D eigenvalue weighted by Gasteiger charge is -2.18. The van der Waals surface area contributed by atoms with Crippen molar-refractivity contribution >= 4 is 34.8 Å². The van der Waals surface area contributed by atoms with E-state index in [2.05, 4.69) is 10.3 Å². The number of pyridine rings is 1. The molecule has 0 saturated carbocycles. The van der Waals surface area contributed by atoms with Crippen LogP contribution < -0.4 is 5.32 Å². The third kappa shape index (κ3) is 2.78. The van der Waals surface area contributed by atoms with Crippen LogP contribution >= 0.6 is 34.8 Å². The van der Waals surface area contributed by atoms with Gasteiger partial charge >= 0.3 is 0 Å². The summed E-state index contributed by atoms with van der Waals surface area (Å²) >= 11 is 18.4. The van der Waals surface area contributed by atoms with Crippen molar-refractivity contribution in [2.45, 2.75) is 6.04 Å². The second-order valence-corrected chi connectivity index (χ2v) is 5.01. The normalized spacial score (nSPS) is 12.4. The first-order chi connectivity index (χ1) is 8.63. The third-order valence-electron chi connectivity index (χ3n) is 2.62. The van der Waals surface area contributed by atoms with E-state index in [0.717, 1.165) is 11.3 Å². The summed E-state index contributed by atoms with van der Waals surface area (Å²) in [6.07, 6.45) is 1.70. The second kappa shape index (κ2) is 5.89. The van der Waals surface area contributed by atoms with E-state index in [1.54, 1.807) is 30.5 Å². The van der Waals surface area contributed by atoms with Crippen LogP contribution in [-0.2, 0) is 0 Å². The highest BCUT2D eigenvalue weighted by atomic mass is 35.5. The number of nitrogens with zero attached hydrogens (tertiary/aromatic N) is 1. The van der Waals surface area contributed by atoms with Gasteiger partial charge in [0, 0.05) is 16.2 Å². The molecule has 2 nitrogen and oxygen atoms in total. The van der Waals surface area contributed by atoms with Crippen molar-refractivity contribution in [3.05, 3.63) is 62.9 Å². The average molecular weight is 302 g/mol. The highest BCUT2D eigenvalue weighted by molar-refractivity contribution is 6.34. The van der Waals surface area contributed by atoms with Crippen LogP contribution in [0.15, 0.2) is 36.5 Å². The molecule has 0 saturated heterocycles. The molecule has 2 rings (SSSR count). The summed E-state index contributed by atoms with van der Waals surface area (Å²) in [6, 6.07) is 8.73. The SMILES string of the molecule is CNC(c1cc(Cl)ccc1Cl)c1ncccc1Cl. The van der Waals surface area contributed by atoms with E-state index in [0.29, 0.717) is 15.1 Å². The largest absolute Gasteiger partial charge is 0.308 e. The van der Waals surface area contributed by atoms with Crippen molar-refractivity contribution in [3.8, 4) is 0 Å². The Labute approximate surface area is 121 Å². The van der Waals surface area contributed by atoms with E-state index in [-0.39, 0.29) is 6.04 Å². The smallest absolute Gasteiger partial charge is 0.0804 e. The van der Waals surface area contributed by atoms with Gasteiger partial charge in [0.2, 0.25) is 0 Å². The van der Waals surface area contributed by atoms with Crippen LogP contribution in [0.5, 0.6) is 0 Å². The highest BCUT2D eigenvalue weighted by Crippen LogP contribution is 2.32. The molecule has 1 aromatic carbocycles. The lowest BCUT2D eigenvalue weighted by Crippen LogP contribution is -2.19. The molecular weight excluding hydrogens is 291 g/mol. The van der Waals surface area contributed by atoms with Gasteiger partial charge in [0.1, 0.15) is 0 Å². The van der Waals surface area contributed by atoms with E-state index >= 15 is 0 Å². The van der Waals surface area contributed by atoms with Gasteiger partial charge in [-0.2, -0.15) is 0 Å². The van der Waals surface area contributed by atoms with Gasteiger partial charge in [0.05, 0.1) is 16.8 Å². The number of aromatic nitrogens is 1. The molecule has 1 unspecified atom stereocenters. The van der Waals surface area contributed by atoms with Crippen LogP contribution in [0.4, 0.5) is 0 Å². The Bertz CT molecular complexity index is 558. The Balaban J connectivity index is 2.52. The predicted octanol–water partition coefficient (Wildman–Crippen LogP) is 4.35. The molecular formula is C13H11Cl3N2. The van der Waals surface area contributed by atoms with E-state index in [9.17, 15) is 0 Å². The molecule has 0 aliphatic heterocycles. The zero-order chi connectivity index (χ0) is 13.1. The molecule has 1 heterocycles. The molecule has 0 amide bonds. The topological polar surface area (TPSA) is 24.9 Å². The van der Waals surface area contributed by atoms with Gasteiger partial charge in [-0.3, -0.25) is 4.98 Å². The minimum atomic E-state index is -0.190. The Hall–Kier alpha value is -0.800. The van der Waals surface area contributed by atoms with E-state index in [4.69, 9.17) is 34.8 Å². The van der Waals surface area contributed by atoms with Crippen molar-refractivity contribution in [1.82, 2.24) is 10.3 Å². The number of rotatable bonds is 3. The minimum Gasteiger partial charge on any atom is -0.308 e. The van der Waals surface area contributed by atoms with Gasteiger partial charge in [-0.1, -0.05) is 34.8 Å². The Morgan fingerprint density at radius 2 is 1.89 bits per heavy atom. The van der Waals surface area contributed by atoms with Crippen molar-refractivity contribution < 1.29 is 0 Å². The zero-order valence-electron chi connectivity index (χ0n) is 9.62. The van der Waals surface area contributed by atoms with Gasteiger partial charge in [0.25, 0.3) is 0 Å². The fourth-order valence-electron chi connectivity index (χ4n) is 1.79. The first kappa shape index (κ1) is 13.6. The minimum absolute atomic E-state index is 0.190. The van der Waals surface area contributed by atoms with Crippen molar-refractivity contribution in [2.24, 2.45) is 0 Å². The molecule has 0 bridgehead atoms. The molecule has 0 spiro atoms. The summed E-state index contributed by atoms with van der Waals surface area (Å²) in [7, 11) is 1.83. The van der Waals surface area contributed by atoms with Gasteiger partial charge < -0.3 is 5.32 Å². The van der Waals surface area contributed by atoms with Crippen molar-refractivity contribution in [1.29, 1.82) is 0 Å². The van der Waals surface area contributed by atoms with Crippen LogP contribution in [0.2, 0.25) is 15.1 Å². The van der Waals surface area contributed by atoms with Gasteiger partial charge in [0.15, 0.2) is 0 Å². The first-order valence-corrected chi connectivity index (χ1v) is 6.49. The van der Waals surface area contributed by atoms with E-state index in [1.165, 1.54) is 0 Å². The standard InChI is InChI=1S/C13H11Cl3N2/c1-17-12(13-11(16)3-2-6-18-13)9-7-8(14)4-5-10(9)15/h2-7,12,17H,1H3.